The van der Waals surface area contributed by atoms with E-state index in [1.165, 1.54) is 0 Å². The number of nitrogens with one attached hydrogen (secondary N) is 2. The highest BCUT2D eigenvalue weighted by molar-refractivity contribution is 6.05. The van der Waals surface area contributed by atoms with Crippen molar-refractivity contribution in [2.24, 2.45) is 0 Å². The number of anilines is 2. The van der Waals surface area contributed by atoms with Gasteiger partial charge in [0, 0.05) is 23.2 Å². The van der Waals surface area contributed by atoms with Crippen molar-refractivity contribution in [3.05, 3.63) is 66.2 Å². The number of rotatable bonds is 4. The van der Waals surface area contributed by atoms with Crippen LogP contribution < -0.4 is 10.6 Å². The van der Waals surface area contributed by atoms with Crippen molar-refractivity contribution in [1.82, 2.24) is 4.98 Å². The third kappa shape index (κ3) is 3.96. The molecule has 0 unspecified atom stereocenters. The van der Waals surface area contributed by atoms with Gasteiger partial charge < -0.3 is 15.4 Å². The summed E-state index contributed by atoms with van der Waals surface area (Å²) in [4.78, 5) is 29.2. The van der Waals surface area contributed by atoms with E-state index in [9.17, 15) is 9.59 Å². The van der Waals surface area contributed by atoms with E-state index in [-0.39, 0.29) is 11.8 Å². The van der Waals surface area contributed by atoms with E-state index in [1.807, 2.05) is 30.3 Å². The number of hydrogen-bond acceptors (Lipinski definition) is 4. The second kappa shape index (κ2) is 7.55. The molecule has 1 aliphatic rings. The maximum atomic E-state index is 12.6. The molecule has 6 heteroatoms. The number of carbonyl (C=O) groups excluding carboxylic acids is 2. The minimum absolute atomic E-state index is 0.179. The van der Waals surface area contributed by atoms with Crippen LogP contribution in [0, 0.1) is 0 Å². The number of para-hydroxylation sites is 1. The maximum absolute atomic E-state index is 12.6. The monoisotopic (exact) mass is 361 g/mol. The molecule has 6 nitrogen and oxygen atoms in total. The Morgan fingerprint density at radius 2 is 1.89 bits per heavy atom. The molecule has 136 valence electrons. The first-order valence-corrected chi connectivity index (χ1v) is 8.89. The van der Waals surface area contributed by atoms with E-state index in [2.05, 4.69) is 15.6 Å². The molecule has 3 aromatic rings. The largest absolute Gasteiger partial charge is 0.368 e. The lowest BCUT2D eigenvalue weighted by Crippen LogP contribution is -2.27. The zero-order valence-electron chi connectivity index (χ0n) is 14.6. The van der Waals surface area contributed by atoms with Crippen LogP contribution in [0.5, 0.6) is 0 Å². The van der Waals surface area contributed by atoms with E-state index in [4.69, 9.17) is 4.74 Å². The molecule has 1 saturated heterocycles. The summed E-state index contributed by atoms with van der Waals surface area (Å²) in [6.45, 7) is 0.610. The van der Waals surface area contributed by atoms with Crippen molar-refractivity contribution >= 4 is 34.2 Å². The van der Waals surface area contributed by atoms with Gasteiger partial charge in [-0.25, -0.2) is 4.98 Å². The van der Waals surface area contributed by atoms with Gasteiger partial charge in [0.1, 0.15) is 11.9 Å². The van der Waals surface area contributed by atoms with Crippen molar-refractivity contribution in [3.63, 3.8) is 0 Å². The second-order valence-corrected chi connectivity index (χ2v) is 6.42. The molecule has 2 amide bonds. The molecular formula is C21H19N3O3. The first kappa shape index (κ1) is 17.2. The standard InChI is InChI=1S/C21H19N3O3/c25-20(24-19-11-10-14-5-1-2-8-17(14)23-19)15-6-3-7-16(13-15)22-21(26)18-9-4-12-27-18/h1-3,5-8,10-11,13,18H,4,9,12H2,(H,22,26)(H,23,24,25)/t18-/m0/s1. The molecule has 1 aromatic heterocycles. The van der Waals surface area contributed by atoms with Crippen molar-refractivity contribution < 1.29 is 14.3 Å². The smallest absolute Gasteiger partial charge is 0.256 e. The highest BCUT2D eigenvalue weighted by Crippen LogP contribution is 2.18. The lowest BCUT2D eigenvalue weighted by Gasteiger charge is -2.11. The van der Waals surface area contributed by atoms with E-state index in [0.717, 1.165) is 23.7 Å². The predicted octanol–water partition coefficient (Wildman–Crippen LogP) is 3.60. The van der Waals surface area contributed by atoms with Crippen LogP contribution in [0.1, 0.15) is 23.2 Å². The maximum Gasteiger partial charge on any atom is 0.256 e. The first-order chi connectivity index (χ1) is 13.2. The summed E-state index contributed by atoms with van der Waals surface area (Å²) in [5.41, 5.74) is 1.82. The number of pyridine rings is 1. The van der Waals surface area contributed by atoms with Crippen LogP contribution in [0.3, 0.4) is 0 Å². The Hall–Kier alpha value is -3.25. The highest BCUT2D eigenvalue weighted by atomic mass is 16.5. The third-order valence-corrected chi connectivity index (χ3v) is 4.45. The van der Waals surface area contributed by atoms with Gasteiger partial charge in [-0.2, -0.15) is 0 Å². The molecule has 1 fully saturated rings. The van der Waals surface area contributed by atoms with Gasteiger partial charge in [0.15, 0.2) is 0 Å². The van der Waals surface area contributed by atoms with Gasteiger partial charge in [-0.3, -0.25) is 9.59 Å². The lowest BCUT2D eigenvalue weighted by atomic mass is 10.1. The van der Waals surface area contributed by atoms with Gasteiger partial charge in [-0.05, 0) is 49.2 Å². The summed E-state index contributed by atoms with van der Waals surface area (Å²) >= 11 is 0. The minimum atomic E-state index is -0.413. The van der Waals surface area contributed by atoms with Crippen molar-refractivity contribution in [1.29, 1.82) is 0 Å². The molecule has 4 rings (SSSR count). The van der Waals surface area contributed by atoms with Gasteiger partial charge in [-0.15, -0.1) is 0 Å². The molecule has 0 saturated carbocycles. The SMILES string of the molecule is O=C(Nc1ccc2ccccc2n1)c1cccc(NC(=O)[C@@H]2CCCO2)c1. The average Bonchev–Trinajstić information content (AvgIpc) is 3.23. The Morgan fingerprint density at radius 1 is 1.00 bits per heavy atom. The average molecular weight is 361 g/mol. The number of fused-ring (bicyclic) bond motifs is 1. The number of amides is 2. The summed E-state index contributed by atoms with van der Waals surface area (Å²) in [6.07, 6.45) is 1.20. The van der Waals surface area contributed by atoms with Crippen molar-refractivity contribution in [2.45, 2.75) is 18.9 Å². The Balaban J connectivity index is 1.47. The Labute approximate surface area is 156 Å². The van der Waals surface area contributed by atoms with Gasteiger partial charge in [-0.1, -0.05) is 24.3 Å². The van der Waals surface area contributed by atoms with Crippen LogP contribution in [0.4, 0.5) is 11.5 Å². The van der Waals surface area contributed by atoms with Crippen molar-refractivity contribution in [3.8, 4) is 0 Å². The Kier molecular flexibility index (Phi) is 4.80. The van der Waals surface area contributed by atoms with Gasteiger partial charge >= 0.3 is 0 Å². The van der Waals surface area contributed by atoms with Crippen molar-refractivity contribution in [2.75, 3.05) is 17.2 Å². The summed E-state index contributed by atoms with van der Waals surface area (Å²) in [5, 5.41) is 6.61. The second-order valence-electron chi connectivity index (χ2n) is 6.42. The molecule has 27 heavy (non-hydrogen) atoms. The van der Waals surface area contributed by atoms with E-state index in [1.54, 1.807) is 30.3 Å². The van der Waals surface area contributed by atoms with Gasteiger partial charge in [0.05, 0.1) is 5.52 Å². The minimum Gasteiger partial charge on any atom is -0.368 e. The fraction of sp³-hybridized carbons (Fsp3) is 0.190. The van der Waals surface area contributed by atoms with E-state index < -0.39 is 6.10 Å². The summed E-state index contributed by atoms with van der Waals surface area (Å²) in [6, 6.07) is 18.2. The van der Waals surface area contributed by atoms with Crippen LogP contribution in [0.25, 0.3) is 10.9 Å². The fourth-order valence-corrected chi connectivity index (χ4v) is 3.07. The molecular weight excluding hydrogens is 342 g/mol. The molecule has 0 radical (unpaired) electrons. The third-order valence-electron chi connectivity index (χ3n) is 4.45. The molecule has 0 aliphatic carbocycles. The summed E-state index contributed by atoms with van der Waals surface area (Å²) < 4.78 is 5.38. The lowest BCUT2D eigenvalue weighted by molar-refractivity contribution is -0.124. The van der Waals surface area contributed by atoms with Crippen LogP contribution in [-0.2, 0) is 9.53 Å². The summed E-state index contributed by atoms with van der Waals surface area (Å²) in [7, 11) is 0. The normalized spacial score (nSPS) is 16.2. The zero-order valence-corrected chi connectivity index (χ0v) is 14.6. The zero-order chi connectivity index (χ0) is 18.6. The predicted molar refractivity (Wildman–Crippen MR) is 104 cm³/mol. The number of aromatic nitrogens is 1. The van der Waals surface area contributed by atoms with Crippen LogP contribution in [0.15, 0.2) is 60.7 Å². The number of carbonyl (C=O) groups is 2. The Morgan fingerprint density at radius 3 is 2.74 bits per heavy atom. The first-order valence-electron chi connectivity index (χ1n) is 8.89. The number of benzene rings is 2. The van der Waals surface area contributed by atoms with Gasteiger partial charge in [0.25, 0.3) is 11.8 Å². The summed E-state index contributed by atoms with van der Waals surface area (Å²) in [5.74, 6) is 0.0137. The molecule has 1 atom stereocenters. The van der Waals surface area contributed by atoms with Crippen LogP contribution in [-0.4, -0.2) is 29.5 Å². The quantitative estimate of drug-likeness (QED) is 0.744. The molecule has 0 bridgehead atoms. The fourth-order valence-electron chi connectivity index (χ4n) is 3.07. The molecule has 0 spiro atoms. The highest BCUT2D eigenvalue weighted by Gasteiger charge is 2.23. The number of hydrogen-bond donors (Lipinski definition) is 2. The molecule has 2 heterocycles. The Bertz CT molecular complexity index is 997. The van der Waals surface area contributed by atoms with E-state index >= 15 is 0 Å². The number of nitrogens with zero attached hydrogens (tertiary/aromatic N) is 1. The topological polar surface area (TPSA) is 80.3 Å². The van der Waals surface area contributed by atoms with Gasteiger partial charge in [0.2, 0.25) is 0 Å². The van der Waals surface area contributed by atoms with Crippen LogP contribution in [0.2, 0.25) is 0 Å². The molecule has 2 N–H and O–H groups in total. The van der Waals surface area contributed by atoms with E-state index in [0.29, 0.717) is 23.7 Å². The number of ether oxygens (including phenoxy) is 1. The molecule has 1 aliphatic heterocycles. The molecule has 2 aromatic carbocycles. The van der Waals surface area contributed by atoms with Crippen LogP contribution >= 0.6 is 0 Å².